The summed E-state index contributed by atoms with van der Waals surface area (Å²) in [6.45, 7) is 1.59. The summed E-state index contributed by atoms with van der Waals surface area (Å²) < 4.78 is 16.5. The Morgan fingerprint density at radius 1 is 1.31 bits per heavy atom. The first kappa shape index (κ1) is 17.0. The van der Waals surface area contributed by atoms with Crippen LogP contribution < -0.4 is 10.1 Å². The third-order valence-electron chi connectivity index (χ3n) is 5.03. The molecule has 4 rings (SSSR count). The number of nitrogens with zero attached hydrogens (tertiary/aromatic N) is 1. The van der Waals surface area contributed by atoms with E-state index in [2.05, 4.69) is 5.32 Å². The second-order valence-corrected chi connectivity index (χ2v) is 7.15. The molecular weight excluding hydrogens is 360 g/mol. The number of fused-ring (bicyclic) bond motifs is 1. The fourth-order valence-corrected chi connectivity index (χ4v) is 3.87. The van der Waals surface area contributed by atoms with Crippen molar-refractivity contribution >= 4 is 34.6 Å². The Morgan fingerprint density at radius 2 is 2.15 bits per heavy atom. The van der Waals surface area contributed by atoms with Crippen LogP contribution in [0, 0.1) is 0 Å². The average Bonchev–Trinajstić information content (AvgIpc) is 3.13. The van der Waals surface area contributed by atoms with Gasteiger partial charge in [0, 0.05) is 36.0 Å². The van der Waals surface area contributed by atoms with Crippen LogP contribution in [0.4, 0.5) is 4.79 Å². The van der Waals surface area contributed by atoms with Gasteiger partial charge in [0.15, 0.2) is 17.1 Å². The summed E-state index contributed by atoms with van der Waals surface area (Å²) in [5.41, 5.74) is -0.00281. The molecule has 1 unspecified atom stereocenters. The Bertz CT molecular complexity index is 880. The molecule has 3 heterocycles. The largest absolute Gasteiger partial charge is 0.493 e. The molecule has 1 aromatic carbocycles. The van der Waals surface area contributed by atoms with Gasteiger partial charge in [-0.3, -0.25) is 4.79 Å². The lowest BCUT2D eigenvalue weighted by Gasteiger charge is -2.24. The molecule has 0 radical (unpaired) electrons. The van der Waals surface area contributed by atoms with Crippen LogP contribution >= 0.6 is 11.6 Å². The maximum Gasteiger partial charge on any atom is 0.407 e. The summed E-state index contributed by atoms with van der Waals surface area (Å²) in [5.74, 6) is 0.553. The van der Waals surface area contributed by atoms with E-state index >= 15 is 0 Å². The van der Waals surface area contributed by atoms with Crippen molar-refractivity contribution in [2.24, 2.45) is 0 Å². The second kappa shape index (κ2) is 6.39. The first-order chi connectivity index (χ1) is 12.5. The Labute approximate surface area is 155 Å². The van der Waals surface area contributed by atoms with Crippen molar-refractivity contribution in [3.63, 3.8) is 0 Å². The number of benzene rings is 1. The van der Waals surface area contributed by atoms with Crippen molar-refractivity contribution in [2.75, 3.05) is 26.7 Å². The van der Waals surface area contributed by atoms with Crippen LogP contribution in [0.1, 0.15) is 29.8 Å². The fourth-order valence-electron chi connectivity index (χ4n) is 3.65. The number of rotatable bonds is 2. The van der Waals surface area contributed by atoms with Crippen molar-refractivity contribution in [3.8, 4) is 5.75 Å². The van der Waals surface area contributed by atoms with E-state index in [0.717, 1.165) is 18.2 Å². The average molecular weight is 379 g/mol. The van der Waals surface area contributed by atoms with Crippen LogP contribution in [0.15, 0.2) is 22.6 Å². The third kappa shape index (κ3) is 2.96. The lowest BCUT2D eigenvalue weighted by Crippen LogP contribution is -2.36. The van der Waals surface area contributed by atoms with E-state index in [4.69, 9.17) is 25.5 Å². The number of furan rings is 1. The van der Waals surface area contributed by atoms with Crippen LogP contribution in [0.2, 0.25) is 5.02 Å². The molecule has 0 saturated carbocycles. The predicted octanol–water partition coefficient (Wildman–Crippen LogP) is 3.20. The molecule has 0 aliphatic carbocycles. The lowest BCUT2D eigenvalue weighted by atomic mass is 9.95. The molecule has 0 bridgehead atoms. The second-order valence-electron chi connectivity index (χ2n) is 6.71. The van der Waals surface area contributed by atoms with Crippen molar-refractivity contribution < 1.29 is 23.5 Å². The van der Waals surface area contributed by atoms with Gasteiger partial charge in [-0.1, -0.05) is 11.6 Å². The van der Waals surface area contributed by atoms with Crippen LogP contribution in [0.5, 0.6) is 5.75 Å². The van der Waals surface area contributed by atoms with E-state index < -0.39 is 5.60 Å². The van der Waals surface area contributed by atoms with Gasteiger partial charge in [-0.05, 0) is 25.0 Å². The number of hydrogen-bond acceptors (Lipinski definition) is 5. The number of likely N-dealkylation sites (tertiary alicyclic amines) is 1. The minimum absolute atomic E-state index is 0.186. The van der Waals surface area contributed by atoms with Crippen LogP contribution in [-0.4, -0.2) is 49.2 Å². The highest BCUT2D eigenvalue weighted by Crippen LogP contribution is 2.34. The Balaban J connectivity index is 1.56. The molecule has 2 saturated heterocycles. The van der Waals surface area contributed by atoms with Gasteiger partial charge in [0.25, 0.3) is 5.91 Å². The monoisotopic (exact) mass is 378 g/mol. The number of amides is 2. The van der Waals surface area contributed by atoms with Gasteiger partial charge >= 0.3 is 6.09 Å². The summed E-state index contributed by atoms with van der Waals surface area (Å²) in [4.78, 5) is 26.1. The van der Waals surface area contributed by atoms with E-state index in [1.807, 2.05) is 0 Å². The van der Waals surface area contributed by atoms with E-state index in [9.17, 15) is 9.59 Å². The molecule has 2 amide bonds. The van der Waals surface area contributed by atoms with E-state index in [1.54, 1.807) is 23.1 Å². The fraction of sp³-hybridized carbons (Fsp3) is 0.444. The topological polar surface area (TPSA) is 81.0 Å². The Kier molecular flexibility index (Phi) is 4.19. The molecule has 2 fully saturated rings. The molecule has 1 aromatic heterocycles. The highest BCUT2D eigenvalue weighted by molar-refractivity contribution is 6.31. The molecule has 26 heavy (non-hydrogen) atoms. The highest BCUT2D eigenvalue weighted by atomic mass is 35.5. The zero-order chi connectivity index (χ0) is 18.3. The van der Waals surface area contributed by atoms with Gasteiger partial charge in [0.05, 0.1) is 13.7 Å². The Morgan fingerprint density at radius 3 is 2.88 bits per heavy atom. The first-order valence-electron chi connectivity index (χ1n) is 8.53. The molecular formula is C18H19ClN2O5. The number of methoxy groups -OCH3 is 1. The number of halogens is 1. The lowest BCUT2D eigenvalue weighted by molar-refractivity contribution is 0.0436. The van der Waals surface area contributed by atoms with Crippen molar-refractivity contribution in [1.82, 2.24) is 10.2 Å². The van der Waals surface area contributed by atoms with Crippen LogP contribution in [0.3, 0.4) is 0 Å². The highest BCUT2D eigenvalue weighted by Gasteiger charge is 2.42. The standard InChI is InChI=1S/C18H19ClN2O5/c1-24-13-9-12(19)7-11-8-14(25-15(11)13)16(22)21-5-2-3-18(4-6-21)10-20-17(23)26-18/h7-9H,2-6,10H2,1H3,(H,20,23). The SMILES string of the molecule is COc1cc(Cl)cc2cc(C(=O)N3CCCC4(CC3)CNC(=O)O4)oc12. The summed E-state index contributed by atoms with van der Waals surface area (Å²) >= 11 is 6.08. The molecule has 2 aromatic rings. The summed E-state index contributed by atoms with van der Waals surface area (Å²) in [5, 5.41) is 3.95. The maximum atomic E-state index is 12.9. The van der Waals surface area contributed by atoms with Gasteiger partial charge in [0.1, 0.15) is 5.60 Å². The Hall–Kier alpha value is -2.41. The van der Waals surface area contributed by atoms with Gasteiger partial charge in [-0.15, -0.1) is 0 Å². The van der Waals surface area contributed by atoms with Crippen LogP contribution in [0.25, 0.3) is 11.0 Å². The van der Waals surface area contributed by atoms with Gasteiger partial charge in [0.2, 0.25) is 0 Å². The molecule has 2 aliphatic rings. The van der Waals surface area contributed by atoms with Crippen molar-refractivity contribution in [1.29, 1.82) is 0 Å². The number of carbonyl (C=O) groups excluding carboxylic acids is 2. The molecule has 8 heteroatoms. The molecule has 2 aliphatic heterocycles. The van der Waals surface area contributed by atoms with Crippen molar-refractivity contribution in [3.05, 3.63) is 29.0 Å². The minimum atomic E-state index is -0.503. The molecule has 7 nitrogen and oxygen atoms in total. The van der Waals surface area contributed by atoms with E-state index in [-0.39, 0.29) is 17.8 Å². The zero-order valence-electron chi connectivity index (χ0n) is 14.3. The zero-order valence-corrected chi connectivity index (χ0v) is 15.1. The predicted molar refractivity (Wildman–Crippen MR) is 94.7 cm³/mol. The molecule has 138 valence electrons. The third-order valence-corrected chi connectivity index (χ3v) is 5.24. The van der Waals surface area contributed by atoms with E-state index in [1.165, 1.54) is 7.11 Å². The number of hydrogen-bond donors (Lipinski definition) is 1. The first-order valence-corrected chi connectivity index (χ1v) is 8.91. The van der Waals surface area contributed by atoms with Gasteiger partial charge in [-0.2, -0.15) is 0 Å². The maximum absolute atomic E-state index is 12.9. The summed E-state index contributed by atoms with van der Waals surface area (Å²) in [6.07, 6.45) is 1.72. The number of carbonyl (C=O) groups is 2. The normalized spacial score (nSPS) is 23.0. The number of nitrogens with one attached hydrogen (secondary N) is 1. The summed E-state index contributed by atoms with van der Waals surface area (Å²) in [7, 11) is 1.53. The molecule has 1 spiro atoms. The summed E-state index contributed by atoms with van der Waals surface area (Å²) in [6, 6.07) is 5.07. The van der Waals surface area contributed by atoms with Gasteiger partial charge < -0.3 is 24.1 Å². The van der Waals surface area contributed by atoms with E-state index in [0.29, 0.717) is 42.4 Å². The quantitative estimate of drug-likeness (QED) is 0.867. The number of ether oxygens (including phenoxy) is 2. The minimum Gasteiger partial charge on any atom is -0.493 e. The van der Waals surface area contributed by atoms with Crippen molar-refractivity contribution in [2.45, 2.75) is 24.9 Å². The molecule has 1 atom stereocenters. The van der Waals surface area contributed by atoms with Crippen LogP contribution in [-0.2, 0) is 4.74 Å². The van der Waals surface area contributed by atoms with Gasteiger partial charge in [-0.25, -0.2) is 4.79 Å². The number of alkyl carbamates (subject to hydrolysis) is 1. The molecule has 1 N–H and O–H groups in total. The smallest absolute Gasteiger partial charge is 0.407 e.